The number of nitrogens with zero attached hydrogens (tertiary/aromatic N) is 1. The molecule has 0 spiro atoms. The number of benzene rings is 3. The van der Waals surface area contributed by atoms with Crippen molar-refractivity contribution in [3.8, 4) is 5.75 Å². The van der Waals surface area contributed by atoms with E-state index < -0.39 is 15.9 Å². The predicted molar refractivity (Wildman–Crippen MR) is 117 cm³/mol. The minimum Gasteiger partial charge on any atom is -0.496 e. The lowest BCUT2D eigenvalue weighted by Gasteiger charge is -2.09. The minimum absolute atomic E-state index is 0.0567. The number of halogens is 1. The van der Waals surface area contributed by atoms with E-state index in [2.05, 4.69) is 15.2 Å². The quantitative estimate of drug-likeness (QED) is 0.427. The average molecular weight is 444 g/mol. The van der Waals surface area contributed by atoms with Gasteiger partial charge in [0.15, 0.2) is 0 Å². The molecule has 3 aromatic rings. The number of hydrogen-bond donors (Lipinski definition) is 2. The second kappa shape index (κ2) is 9.43. The first-order chi connectivity index (χ1) is 14.4. The van der Waals surface area contributed by atoms with Crippen LogP contribution in [0.25, 0.3) is 0 Å². The third-order valence-corrected chi connectivity index (χ3v) is 5.64. The maximum atomic E-state index is 12.6. The maximum Gasteiger partial charge on any atom is 0.271 e. The van der Waals surface area contributed by atoms with E-state index >= 15 is 0 Å². The summed E-state index contributed by atoms with van der Waals surface area (Å²) < 4.78 is 32.9. The second-order valence-electron chi connectivity index (χ2n) is 6.08. The third kappa shape index (κ3) is 5.37. The molecule has 3 aromatic carbocycles. The van der Waals surface area contributed by atoms with Gasteiger partial charge in [0.05, 0.1) is 18.2 Å². The summed E-state index contributed by atoms with van der Waals surface area (Å²) in [5, 5.41) is 4.40. The second-order valence-corrected chi connectivity index (χ2v) is 8.20. The first-order valence-corrected chi connectivity index (χ1v) is 10.6. The predicted octanol–water partition coefficient (Wildman–Crippen LogP) is 3.91. The SMILES string of the molecule is COc1ccccc1/C=N/NC(=O)c1cccc(S(=O)(=O)Nc2ccc(Cl)cc2)c1. The number of carbonyl (C=O) groups is 1. The number of hydrazone groups is 1. The van der Waals surface area contributed by atoms with E-state index in [0.717, 1.165) is 0 Å². The summed E-state index contributed by atoms with van der Waals surface area (Å²) in [6, 6.07) is 19.1. The highest BCUT2D eigenvalue weighted by molar-refractivity contribution is 7.92. The van der Waals surface area contributed by atoms with Crippen molar-refractivity contribution in [2.24, 2.45) is 5.10 Å². The number of carbonyl (C=O) groups excluding carboxylic acids is 1. The number of rotatable bonds is 7. The van der Waals surface area contributed by atoms with Crippen molar-refractivity contribution in [2.75, 3.05) is 11.8 Å². The average Bonchev–Trinajstić information content (AvgIpc) is 2.75. The Morgan fingerprint density at radius 2 is 1.77 bits per heavy atom. The van der Waals surface area contributed by atoms with Gasteiger partial charge >= 0.3 is 0 Å². The van der Waals surface area contributed by atoms with Crippen LogP contribution in [-0.4, -0.2) is 27.6 Å². The molecule has 0 aliphatic heterocycles. The lowest BCUT2D eigenvalue weighted by atomic mass is 10.2. The van der Waals surface area contributed by atoms with Gasteiger partial charge in [0.25, 0.3) is 15.9 Å². The molecule has 0 fully saturated rings. The molecule has 0 aromatic heterocycles. The van der Waals surface area contributed by atoms with Gasteiger partial charge in [0.1, 0.15) is 5.75 Å². The smallest absolute Gasteiger partial charge is 0.271 e. The Morgan fingerprint density at radius 1 is 1.03 bits per heavy atom. The summed E-state index contributed by atoms with van der Waals surface area (Å²) >= 11 is 5.81. The summed E-state index contributed by atoms with van der Waals surface area (Å²) in [6.07, 6.45) is 1.44. The Labute approximate surface area is 179 Å². The fraction of sp³-hybridized carbons (Fsp3) is 0.0476. The van der Waals surface area contributed by atoms with Crippen molar-refractivity contribution in [3.63, 3.8) is 0 Å². The molecule has 0 unspecified atom stereocenters. The number of para-hydroxylation sites is 1. The number of sulfonamides is 1. The van der Waals surface area contributed by atoms with Crippen LogP contribution < -0.4 is 14.9 Å². The van der Waals surface area contributed by atoms with Gasteiger partial charge in [0.2, 0.25) is 0 Å². The molecule has 1 amide bonds. The highest BCUT2D eigenvalue weighted by atomic mass is 35.5. The Bertz CT molecular complexity index is 1180. The van der Waals surface area contributed by atoms with Gasteiger partial charge in [-0.05, 0) is 54.6 Å². The molecule has 30 heavy (non-hydrogen) atoms. The molecule has 0 atom stereocenters. The van der Waals surface area contributed by atoms with E-state index in [1.54, 1.807) is 36.4 Å². The summed E-state index contributed by atoms with van der Waals surface area (Å²) in [5.41, 5.74) is 3.56. The van der Waals surface area contributed by atoms with Crippen molar-refractivity contribution >= 4 is 39.4 Å². The first-order valence-electron chi connectivity index (χ1n) is 8.74. The molecule has 0 bridgehead atoms. The van der Waals surface area contributed by atoms with Crippen LogP contribution in [0.1, 0.15) is 15.9 Å². The largest absolute Gasteiger partial charge is 0.496 e. The molecule has 0 saturated heterocycles. The monoisotopic (exact) mass is 443 g/mol. The van der Waals surface area contributed by atoms with Crippen molar-refractivity contribution in [3.05, 3.63) is 88.9 Å². The summed E-state index contributed by atoms with van der Waals surface area (Å²) in [6.45, 7) is 0. The standard InChI is InChI=1S/C21H18ClN3O4S/c1-29-20-8-3-2-5-16(20)14-23-24-21(26)15-6-4-7-19(13-15)30(27,28)25-18-11-9-17(22)10-12-18/h2-14,25H,1H3,(H,24,26)/b23-14+. The van der Waals surface area contributed by atoms with Gasteiger partial charge in [-0.15, -0.1) is 0 Å². The molecule has 0 heterocycles. The van der Waals surface area contributed by atoms with E-state index in [1.165, 1.54) is 37.6 Å². The van der Waals surface area contributed by atoms with Crippen LogP contribution in [0.4, 0.5) is 5.69 Å². The van der Waals surface area contributed by atoms with Crippen LogP contribution >= 0.6 is 11.6 Å². The molecule has 154 valence electrons. The van der Waals surface area contributed by atoms with Crippen molar-refractivity contribution in [2.45, 2.75) is 4.90 Å². The summed E-state index contributed by atoms with van der Waals surface area (Å²) in [5.74, 6) is 0.0570. The summed E-state index contributed by atoms with van der Waals surface area (Å²) in [4.78, 5) is 12.3. The zero-order chi connectivity index (χ0) is 21.6. The molecule has 9 heteroatoms. The highest BCUT2D eigenvalue weighted by Gasteiger charge is 2.16. The maximum absolute atomic E-state index is 12.6. The van der Waals surface area contributed by atoms with E-state index in [0.29, 0.717) is 22.0 Å². The van der Waals surface area contributed by atoms with Crippen LogP contribution in [0, 0.1) is 0 Å². The van der Waals surface area contributed by atoms with Gasteiger partial charge in [-0.25, -0.2) is 13.8 Å². The fourth-order valence-electron chi connectivity index (χ4n) is 2.53. The lowest BCUT2D eigenvalue weighted by Crippen LogP contribution is -2.19. The molecule has 7 nitrogen and oxygen atoms in total. The molecule has 3 rings (SSSR count). The molecular formula is C21H18ClN3O4S. The van der Waals surface area contributed by atoms with E-state index in [-0.39, 0.29) is 10.5 Å². The Balaban J connectivity index is 1.73. The number of nitrogens with one attached hydrogen (secondary N) is 2. The molecule has 0 aliphatic carbocycles. The first kappa shape index (κ1) is 21.4. The lowest BCUT2D eigenvalue weighted by molar-refractivity contribution is 0.0955. The van der Waals surface area contributed by atoms with E-state index in [9.17, 15) is 13.2 Å². The van der Waals surface area contributed by atoms with Crippen LogP contribution in [0.15, 0.2) is 82.8 Å². The third-order valence-electron chi connectivity index (χ3n) is 4.01. The van der Waals surface area contributed by atoms with Gasteiger partial charge in [-0.1, -0.05) is 29.8 Å². The molecule has 0 saturated carbocycles. The van der Waals surface area contributed by atoms with Crippen molar-refractivity contribution in [1.82, 2.24) is 5.43 Å². The summed E-state index contributed by atoms with van der Waals surface area (Å²) in [7, 11) is -2.35. The van der Waals surface area contributed by atoms with Gasteiger partial charge in [-0.3, -0.25) is 9.52 Å². The molecular weight excluding hydrogens is 426 g/mol. The molecule has 0 radical (unpaired) electrons. The number of anilines is 1. The minimum atomic E-state index is -3.88. The van der Waals surface area contributed by atoms with E-state index in [1.807, 2.05) is 12.1 Å². The number of ether oxygens (including phenoxy) is 1. The Morgan fingerprint density at radius 3 is 2.50 bits per heavy atom. The number of amides is 1. The van der Waals surface area contributed by atoms with Crippen LogP contribution in [0.5, 0.6) is 5.75 Å². The van der Waals surface area contributed by atoms with Crippen LogP contribution in [0.2, 0.25) is 5.02 Å². The van der Waals surface area contributed by atoms with Crippen LogP contribution in [0.3, 0.4) is 0 Å². The zero-order valence-corrected chi connectivity index (χ0v) is 17.4. The fourth-order valence-corrected chi connectivity index (χ4v) is 3.76. The normalized spacial score (nSPS) is 11.3. The highest BCUT2D eigenvalue weighted by Crippen LogP contribution is 2.19. The Kier molecular flexibility index (Phi) is 6.71. The van der Waals surface area contributed by atoms with Gasteiger partial charge < -0.3 is 4.74 Å². The van der Waals surface area contributed by atoms with Crippen molar-refractivity contribution in [1.29, 1.82) is 0 Å². The topological polar surface area (TPSA) is 96.9 Å². The van der Waals surface area contributed by atoms with Crippen molar-refractivity contribution < 1.29 is 17.9 Å². The Hall–Kier alpha value is -3.36. The molecule has 2 N–H and O–H groups in total. The number of methoxy groups -OCH3 is 1. The van der Waals surface area contributed by atoms with Crippen LogP contribution in [-0.2, 0) is 10.0 Å². The molecule has 0 aliphatic rings. The van der Waals surface area contributed by atoms with Gasteiger partial charge in [-0.2, -0.15) is 5.10 Å². The van der Waals surface area contributed by atoms with Gasteiger partial charge in [0, 0.05) is 21.8 Å². The number of hydrogen-bond acceptors (Lipinski definition) is 5. The zero-order valence-electron chi connectivity index (χ0n) is 15.9. The van der Waals surface area contributed by atoms with E-state index in [4.69, 9.17) is 16.3 Å².